The summed E-state index contributed by atoms with van der Waals surface area (Å²) in [6.07, 6.45) is 0.151. The Hall–Kier alpha value is -1.94. The number of nitrogens with one attached hydrogen (secondary N) is 1. The smallest absolute Gasteiger partial charge is 0.256 e. The number of fused-ring (bicyclic) bond motifs is 1. The molecule has 0 fully saturated rings. The SMILES string of the molecule is C=C1NC(=O)c2ccc(CC(=O)CCl)cc2C1=O. The topological polar surface area (TPSA) is 63.2 Å². The van der Waals surface area contributed by atoms with Gasteiger partial charge in [-0.25, -0.2) is 0 Å². The standard InChI is InChI=1S/C13H10ClNO3/c1-7-12(17)11-5-8(4-9(16)6-14)2-3-10(11)13(18)15-7/h2-3,5H,1,4,6H2,(H,15,18). The van der Waals surface area contributed by atoms with Crippen LogP contribution in [0.1, 0.15) is 26.3 Å². The number of amides is 1. The largest absolute Gasteiger partial charge is 0.319 e. The first-order valence-corrected chi connectivity index (χ1v) is 5.82. The molecule has 0 aliphatic carbocycles. The quantitative estimate of drug-likeness (QED) is 0.664. The van der Waals surface area contributed by atoms with Gasteiger partial charge < -0.3 is 5.32 Å². The number of hydrogen-bond donors (Lipinski definition) is 1. The highest BCUT2D eigenvalue weighted by atomic mass is 35.5. The van der Waals surface area contributed by atoms with E-state index in [1.165, 1.54) is 6.07 Å². The Kier molecular flexibility index (Phi) is 3.30. The number of ketones is 2. The molecule has 0 atom stereocenters. The van der Waals surface area contributed by atoms with Crippen LogP contribution in [-0.4, -0.2) is 23.4 Å². The Morgan fingerprint density at radius 2 is 2.00 bits per heavy atom. The molecule has 5 heteroatoms. The van der Waals surface area contributed by atoms with Crippen molar-refractivity contribution in [3.8, 4) is 0 Å². The van der Waals surface area contributed by atoms with E-state index in [9.17, 15) is 14.4 Å². The number of carbonyl (C=O) groups excluding carboxylic acids is 3. The molecule has 4 nitrogen and oxygen atoms in total. The molecular formula is C13H10ClNO3. The Labute approximate surface area is 109 Å². The summed E-state index contributed by atoms with van der Waals surface area (Å²) in [5.74, 6) is -0.893. The highest BCUT2D eigenvalue weighted by molar-refractivity contribution is 6.27. The first-order chi connectivity index (χ1) is 8.52. The molecule has 92 valence electrons. The van der Waals surface area contributed by atoms with E-state index in [-0.39, 0.29) is 41.0 Å². The highest BCUT2D eigenvalue weighted by Crippen LogP contribution is 2.20. The Bertz CT molecular complexity index is 578. The van der Waals surface area contributed by atoms with Crippen molar-refractivity contribution in [1.82, 2.24) is 5.32 Å². The summed E-state index contributed by atoms with van der Waals surface area (Å²) in [4.78, 5) is 34.7. The number of rotatable bonds is 3. The van der Waals surface area contributed by atoms with Gasteiger partial charge in [-0.15, -0.1) is 11.6 Å². The van der Waals surface area contributed by atoms with Crippen LogP contribution in [0.4, 0.5) is 0 Å². The molecule has 1 aromatic carbocycles. The molecule has 1 N–H and O–H groups in total. The molecule has 0 aromatic heterocycles. The van der Waals surface area contributed by atoms with Crippen LogP contribution >= 0.6 is 11.6 Å². The predicted molar refractivity (Wildman–Crippen MR) is 66.8 cm³/mol. The minimum absolute atomic E-state index is 0.0494. The van der Waals surface area contributed by atoms with Gasteiger partial charge in [-0.3, -0.25) is 14.4 Å². The molecule has 0 unspecified atom stereocenters. The molecule has 18 heavy (non-hydrogen) atoms. The lowest BCUT2D eigenvalue weighted by atomic mass is 9.94. The average molecular weight is 264 g/mol. The lowest BCUT2D eigenvalue weighted by molar-refractivity contribution is -0.116. The third-order valence-corrected chi connectivity index (χ3v) is 2.96. The zero-order chi connectivity index (χ0) is 13.3. The zero-order valence-corrected chi connectivity index (χ0v) is 10.2. The Balaban J connectivity index is 2.42. The molecule has 1 aliphatic rings. The van der Waals surface area contributed by atoms with E-state index in [0.29, 0.717) is 11.1 Å². The number of carbonyl (C=O) groups is 3. The number of benzene rings is 1. The van der Waals surface area contributed by atoms with Gasteiger partial charge in [0.2, 0.25) is 5.78 Å². The van der Waals surface area contributed by atoms with E-state index in [1.54, 1.807) is 12.1 Å². The van der Waals surface area contributed by atoms with Gasteiger partial charge in [0.1, 0.15) is 0 Å². The van der Waals surface area contributed by atoms with Crippen LogP contribution in [-0.2, 0) is 11.2 Å². The van der Waals surface area contributed by atoms with E-state index in [2.05, 4.69) is 11.9 Å². The van der Waals surface area contributed by atoms with E-state index in [1.807, 2.05) is 0 Å². The van der Waals surface area contributed by atoms with Crippen LogP contribution in [0.3, 0.4) is 0 Å². The van der Waals surface area contributed by atoms with Crippen molar-refractivity contribution < 1.29 is 14.4 Å². The summed E-state index contributed by atoms with van der Waals surface area (Å²) in [7, 11) is 0. The molecule has 1 aliphatic heterocycles. The van der Waals surface area contributed by atoms with Crippen molar-refractivity contribution in [3.05, 3.63) is 47.2 Å². The van der Waals surface area contributed by atoms with Crippen LogP contribution in [0.25, 0.3) is 0 Å². The van der Waals surface area contributed by atoms with E-state index in [4.69, 9.17) is 11.6 Å². The summed E-state index contributed by atoms with van der Waals surface area (Å²) in [6.45, 7) is 3.48. The monoisotopic (exact) mass is 263 g/mol. The number of halogens is 1. The normalized spacial score (nSPS) is 14.2. The maximum atomic E-state index is 11.8. The van der Waals surface area contributed by atoms with Crippen molar-refractivity contribution in [2.45, 2.75) is 6.42 Å². The lowest BCUT2D eigenvalue weighted by Crippen LogP contribution is -2.34. The van der Waals surface area contributed by atoms with E-state index in [0.717, 1.165) is 0 Å². The number of allylic oxidation sites excluding steroid dienone is 1. The van der Waals surface area contributed by atoms with Crippen molar-refractivity contribution >= 4 is 29.1 Å². The number of Topliss-reactive ketones (excluding diaryl/α,β-unsaturated/α-hetero) is 2. The third-order valence-electron chi connectivity index (χ3n) is 2.66. The van der Waals surface area contributed by atoms with Crippen LogP contribution in [0.15, 0.2) is 30.5 Å². The summed E-state index contributed by atoms with van der Waals surface area (Å²) in [6, 6.07) is 4.72. The molecule has 2 rings (SSSR count). The second kappa shape index (κ2) is 4.74. The predicted octanol–water partition coefficient (Wildman–Crippen LogP) is 1.48. The van der Waals surface area contributed by atoms with Crippen LogP contribution in [0, 0.1) is 0 Å². The minimum atomic E-state index is -0.357. The second-order valence-electron chi connectivity index (χ2n) is 3.99. The van der Waals surface area contributed by atoms with E-state index >= 15 is 0 Å². The summed E-state index contributed by atoms with van der Waals surface area (Å²) >= 11 is 5.43. The summed E-state index contributed by atoms with van der Waals surface area (Å²) < 4.78 is 0. The first-order valence-electron chi connectivity index (χ1n) is 5.28. The minimum Gasteiger partial charge on any atom is -0.319 e. The van der Waals surface area contributed by atoms with Crippen molar-refractivity contribution in [3.63, 3.8) is 0 Å². The Morgan fingerprint density at radius 3 is 2.67 bits per heavy atom. The van der Waals surface area contributed by atoms with Crippen molar-refractivity contribution in [2.75, 3.05) is 5.88 Å². The molecule has 0 saturated heterocycles. The molecule has 1 aromatic rings. The van der Waals surface area contributed by atoms with Gasteiger partial charge in [0.15, 0.2) is 5.78 Å². The highest BCUT2D eigenvalue weighted by Gasteiger charge is 2.26. The molecule has 0 radical (unpaired) electrons. The van der Waals surface area contributed by atoms with Crippen LogP contribution < -0.4 is 5.32 Å². The molecule has 0 spiro atoms. The van der Waals surface area contributed by atoms with Crippen molar-refractivity contribution in [2.24, 2.45) is 0 Å². The first kappa shape index (κ1) is 12.5. The van der Waals surface area contributed by atoms with Gasteiger partial charge >= 0.3 is 0 Å². The third kappa shape index (κ3) is 2.19. The van der Waals surface area contributed by atoms with Gasteiger partial charge in [-0.1, -0.05) is 12.6 Å². The fourth-order valence-electron chi connectivity index (χ4n) is 1.79. The Morgan fingerprint density at radius 1 is 1.28 bits per heavy atom. The fraction of sp³-hybridized carbons (Fsp3) is 0.154. The second-order valence-corrected chi connectivity index (χ2v) is 4.26. The summed E-state index contributed by atoms with van der Waals surface area (Å²) in [5.41, 5.74) is 1.29. The van der Waals surface area contributed by atoms with Gasteiger partial charge in [0.05, 0.1) is 17.1 Å². The van der Waals surface area contributed by atoms with E-state index < -0.39 is 0 Å². The van der Waals surface area contributed by atoms with Gasteiger partial charge in [0, 0.05) is 12.0 Å². The molecule has 1 heterocycles. The number of hydrogen-bond acceptors (Lipinski definition) is 3. The summed E-state index contributed by atoms with van der Waals surface area (Å²) in [5, 5.41) is 2.39. The van der Waals surface area contributed by atoms with Gasteiger partial charge in [0.25, 0.3) is 5.91 Å². The molecule has 1 amide bonds. The fourth-order valence-corrected chi connectivity index (χ4v) is 1.88. The zero-order valence-electron chi connectivity index (χ0n) is 9.46. The van der Waals surface area contributed by atoms with Gasteiger partial charge in [-0.05, 0) is 17.7 Å². The van der Waals surface area contributed by atoms with Crippen LogP contribution in [0.2, 0.25) is 0 Å². The maximum absolute atomic E-state index is 11.8. The van der Waals surface area contributed by atoms with Gasteiger partial charge in [-0.2, -0.15) is 0 Å². The van der Waals surface area contributed by atoms with Crippen molar-refractivity contribution in [1.29, 1.82) is 0 Å². The average Bonchev–Trinajstić information content (AvgIpc) is 2.36. The molecule has 0 saturated carbocycles. The number of alkyl halides is 1. The molecular weight excluding hydrogens is 254 g/mol. The lowest BCUT2D eigenvalue weighted by Gasteiger charge is -2.17. The maximum Gasteiger partial charge on any atom is 0.256 e. The van der Waals surface area contributed by atoms with Crippen LogP contribution in [0.5, 0.6) is 0 Å². The molecule has 0 bridgehead atoms.